The molecule has 0 saturated heterocycles. The Hall–Kier alpha value is -2.35. The molecule has 18 heavy (non-hydrogen) atoms. The third-order valence-electron chi connectivity index (χ3n) is 2.19. The topological polar surface area (TPSA) is 58.2 Å². The van der Waals surface area contributed by atoms with Crippen molar-refractivity contribution in [2.45, 2.75) is 6.92 Å². The van der Waals surface area contributed by atoms with Crippen molar-refractivity contribution < 1.29 is 14.0 Å². The number of nitrogens with one attached hydrogen (secondary N) is 2. The van der Waals surface area contributed by atoms with Crippen LogP contribution in [0.3, 0.4) is 0 Å². The van der Waals surface area contributed by atoms with Gasteiger partial charge in [-0.2, -0.15) is 0 Å². The molecule has 0 spiro atoms. The smallest absolute Gasteiger partial charge is 0.240 e. The van der Waals surface area contributed by atoms with Crippen LogP contribution in [0.4, 0.5) is 10.1 Å². The van der Waals surface area contributed by atoms with Gasteiger partial charge in [-0.3, -0.25) is 9.59 Å². The summed E-state index contributed by atoms with van der Waals surface area (Å²) in [5.41, 5.74) is 0.237. The van der Waals surface area contributed by atoms with E-state index in [9.17, 15) is 14.0 Å². The lowest BCUT2D eigenvalue weighted by Gasteiger charge is -2.10. The van der Waals surface area contributed by atoms with Crippen molar-refractivity contribution in [2.75, 3.05) is 18.4 Å². The highest BCUT2D eigenvalue weighted by Crippen LogP contribution is 2.19. The average molecular weight is 248 g/mol. The number of benzene rings is 1. The van der Waals surface area contributed by atoms with Gasteiger partial charge in [0, 0.05) is 5.69 Å². The molecule has 0 aliphatic rings. The van der Waals surface area contributed by atoms with E-state index in [1.165, 1.54) is 25.1 Å². The van der Waals surface area contributed by atoms with E-state index in [1.54, 1.807) is 0 Å². The molecule has 0 bridgehead atoms. The van der Waals surface area contributed by atoms with Gasteiger partial charge in [0.1, 0.15) is 5.82 Å². The molecule has 1 rings (SSSR count). The number of anilines is 1. The molecule has 0 aliphatic heterocycles. The molecular weight excluding hydrogens is 235 g/mol. The van der Waals surface area contributed by atoms with Gasteiger partial charge >= 0.3 is 0 Å². The second kappa shape index (κ2) is 6.40. The van der Waals surface area contributed by atoms with Gasteiger partial charge in [-0.05, 0) is 19.1 Å². The molecule has 94 valence electrons. The molecule has 4 nitrogen and oxygen atoms in total. The van der Waals surface area contributed by atoms with Crippen LogP contribution in [0.25, 0.3) is 0 Å². The highest BCUT2D eigenvalue weighted by molar-refractivity contribution is 6.00. The quantitative estimate of drug-likeness (QED) is 0.608. The predicted molar refractivity (Wildman–Crippen MR) is 66.7 cm³/mol. The fraction of sp³-hybridized carbons (Fsp3) is 0.231. The summed E-state index contributed by atoms with van der Waals surface area (Å²) in [5, 5.41) is 5.15. The molecular formula is C13H13FN2O2. The summed E-state index contributed by atoms with van der Waals surface area (Å²) >= 11 is 0. The van der Waals surface area contributed by atoms with Crippen LogP contribution in [-0.4, -0.2) is 24.8 Å². The van der Waals surface area contributed by atoms with Crippen LogP contribution in [0.1, 0.15) is 17.3 Å². The van der Waals surface area contributed by atoms with Crippen LogP contribution in [-0.2, 0) is 4.79 Å². The zero-order chi connectivity index (χ0) is 13.5. The third kappa shape index (κ3) is 3.59. The Morgan fingerprint density at radius 3 is 2.78 bits per heavy atom. The molecule has 0 radical (unpaired) electrons. The Bertz CT molecular complexity index is 506. The van der Waals surface area contributed by atoms with E-state index in [4.69, 9.17) is 6.42 Å². The van der Waals surface area contributed by atoms with Crippen molar-refractivity contribution in [1.29, 1.82) is 0 Å². The fourth-order valence-corrected chi connectivity index (χ4v) is 1.42. The number of carbonyl (C=O) groups is 2. The second-order valence-corrected chi connectivity index (χ2v) is 3.55. The maximum atomic E-state index is 13.4. The standard InChI is InChI=1S/C13H13FN2O2/c1-3-7-15-12(18)8-16-11-6-4-5-10(14)13(11)9(2)17/h1,4-6,16H,7-8H2,2H3,(H,15,18). The third-order valence-corrected chi connectivity index (χ3v) is 2.19. The number of hydrogen-bond acceptors (Lipinski definition) is 3. The first kappa shape index (κ1) is 13.7. The van der Waals surface area contributed by atoms with Crippen molar-refractivity contribution in [1.82, 2.24) is 5.32 Å². The highest BCUT2D eigenvalue weighted by Gasteiger charge is 2.13. The minimum Gasteiger partial charge on any atom is -0.375 e. The molecule has 0 fully saturated rings. The van der Waals surface area contributed by atoms with E-state index in [2.05, 4.69) is 16.6 Å². The van der Waals surface area contributed by atoms with E-state index in [0.29, 0.717) is 5.69 Å². The van der Waals surface area contributed by atoms with E-state index >= 15 is 0 Å². The van der Waals surface area contributed by atoms with E-state index in [1.807, 2.05) is 0 Å². The van der Waals surface area contributed by atoms with Crippen LogP contribution in [0.15, 0.2) is 18.2 Å². The first-order chi connectivity index (χ1) is 8.56. The van der Waals surface area contributed by atoms with Crippen LogP contribution < -0.4 is 10.6 Å². The van der Waals surface area contributed by atoms with Gasteiger partial charge in [0.05, 0.1) is 18.7 Å². The van der Waals surface area contributed by atoms with E-state index in [-0.39, 0.29) is 24.6 Å². The summed E-state index contributed by atoms with van der Waals surface area (Å²) in [6.07, 6.45) is 4.99. The largest absolute Gasteiger partial charge is 0.375 e. The van der Waals surface area contributed by atoms with E-state index < -0.39 is 11.6 Å². The summed E-state index contributed by atoms with van der Waals surface area (Å²) < 4.78 is 13.4. The van der Waals surface area contributed by atoms with Gasteiger partial charge in [0.15, 0.2) is 5.78 Å². The summed E-state index contributed by atoms with van der Waals surface area (Å²) in [4.78, 5) is 22.6. The fourth-order valence-electron chi connectivity index (χ4n) is 1.42. The molecule has 2 N–H and O–H groups in total. The first-order valence-electron chi connectivity index (χ1n) is 5.29. The number of hydrogen-bond donors (Lipinski definition) is 2. The number of carbonyl (C=O) groups excluding carboxylic acids is 2. The zero-order valence-corrected chi connectivity index (χ0v) is 9.92. The minimum atomic E-state index is -0.614. The van der Waals surface area contributed by atoms with Crippen molar-refractivity contribution in [3.63, 3.8) is 0 Å². The minimum absolute atomic E-state index is 0.0535. The monoisotopic (exact) mass is 248 g/mol. The SMILES string of the molecule is C#CCNC(=O)CNc1cccc(F)c1C(C)=O. The lowest BCUT2D eigenvalue weighted by atomic mass is 10.1. The average Bonchev–Trinajstić information content (AvgIpc) is 2.33. The maximum absolute atomic E-state index is 13.4. The molecule has 1 aromatic rings. The number of amides is 1. The number of Topliss-reactive ketones (excluding diaryl/α,β-unsaturated/α-hetero) is 1. The Kier molecular flexibility index (Phi) is 4.88. The Labute approximate surface area is 105 Å². The Morgan fingerprint density at radius 1 is 1.44 bits per heavy atom. The van der Waals surface area contributed by atoms with Gasteiger partial charge in [-0.25, -0.2) is 4.39 Å². The number of ketones is 1. The number of rotatable bonds is 5. The van der Waals surface area contributed by atoms with Gasteiger partial charge < -0.3 is 10.6 Å². The predicted octanol–water partition coefficient (Wildman–Crippen LogP) is 1.19. The van der Waals surface area contributed by atoms with Gasteiger partial charge in [0.2, 0.25) is 5.91 Å². The molecule has 0 heterocycles. The lowest BCUT2D eigenvalue weighted by Crippen LogP contribution is -2.30. The molecule has 0 aromatic heterocycles. The van der Waals surface area contributed by atoms with Crippen molar-refractivity contribution in [2.24, 2.45) is 0 Å². The molecule has 5 heteroatoms. The van der Waals surface area contributed by atoms with E-state index in [0.717, 1.165) is 0 Å². The van der Waals surface area contributed by atoms with Crippen LogP contribution >= 0.6 is 0 Å². The summed E-state index contributed by atoms with van der Waals surface area (Å²) in [6.45, 7) is 1.32. The lowest BCUT2D eigenvalue weighted by molar-refractivity contribution is -0.119. The Morgan fingerprint density at radius 2 is 2.17 bits per heavy atom. The summed E-state index contributed by atoms with van der Waals surface area (Å²) in [6, 6.07) is 4.19. The maximum Gasteiger partial charge on any atom is 0.240 e. The molecule has 1 amide bonds. The van der Waals surface area contributed by atoms with Gasteiger partial charge in [0.25, 0.3) is 0 Å². The van der Waals surface area contributed by atoms with Gasteiger partial charge in [-0.15, -0.1) is 6.42 Å². The summed E-state index contributed by atoms with van der Waals surface area (Å²) in [7, 11) is 0. The normalized spacial score (nSPS) is 9.39. The van der Waals surface area contributed by atoms with Crippen molar-refractivity contribution >= 4 is 17.4 Å². The molecule has 0 atom stereocenters. The van der Waals surface area contributed by atoms with Crippen molar-refractivity contribution in [3.05, 3.63) is 29.6 Å². The number of halogens is 1. The molecule has 1 aromatic carbocycles. The molecule has 0 unspecified atom stereocenters. The second-order valence-electron chi connectivity index (χ2n) is 3.55. The molecule has 0 saturated carbocycles. The highest BCUT2D eigenvalue weighted by atomic mass is 19.1. The van der Waals surface area contributed by atoms with Crippen LogP contribution in [0, 0.1) is 18.2 Å². The summed E-state index contributed by atoms with van der Waals surface area (Å²) in [5.74, 6) is 0.917. The molecule has 0 aliphatic carbocycles. The van der Waals surface area contributed by atoms with Crippen LogP contribution in [0.5, 0.6) is 0 Å². The zero-order valence-electron chi connectivity index (χ0n) is 9.92. The van der Waals surface area contributed by atoms with Crippen molar-refractivity contribution in [3.8, 4) is 12.3 Å². The van der Waals surface area contributed by atoms with Crippen LogP contribution in [0.2, 0.25) is 0 Å². The van der Waals surface area contributed by atoms with Gasteiger partial charge in [-0.1, -0.05) is 12.0 Å². The Balaban J connectivity index is 2.74. The number of terminal acetylenes is 1. The first-order valence-corrected chi connectivity index (χ1v) is 5.29.